The molecular formula is C21H20ClF3N2O4. The van der Waals surface area contributed by atoms with Gasteiger partial charge in [-0.15, -0.1) is 0 Å². The quantitative estimate of drug-likeness (QED) is 0.416. The fourth-order valence-electron chi connectivity index (χ4n) is 3.47. The highest BCUT2D eigenvalue weighted by Crippen LogP contribution is 2.36. The Bertz CT molecular complexity index is 980. The summed E-state index contributed by atoms with van der Waals surface area (Å²) in [5, 5.41) is 13.0. The Kier molecular flexibility index (Phi) is 6.76. The zero-order chi connectivity index (χ0) is 22.8. The van der Waals surface area contributed by atoms with Gasteiger partial charge in [0.15, 0.2) is 0 Å². The zero-order valence-corrected chi connectivity index (χ0v) is 17.3. The number of phenols is 1. The lowest BCUT2D eigenvalue weighted by Gasteiger charge is -2.22. The largest absolute Gasteiger partial charge is 0.507 e. The molecule has 1 aliphatic heterocycles. The molecule has 2 aromatic rings. The van der Waals surface area contributed by atoms with Crippen molar-refractivity contribution in [2.45, 2.75) is 25.4 Å². The summed E-state index contributed by atoms with van der Waals surface area (Å²) in [6.45, 7) is 3.04. The van der Waals surface area contributed by atoms with E-state index in [-0.39, 0.29) is 23.0 Å². The SMILES string of the molecule is CCNC(=O)c1cc2c(cc1O)CCN(Cl)CC2c1ccc(OC(=O)C(F)(F)F)cc1. The topological polar surface area (TPSA) is 78.9 Å². The van der Waals surface area contributed by atoms with Crippen LogP contribution in [0.5, 0.6) is 11.5 Å². The predicted molar refractivity (Wildman–Crippen MR) is 107 cm³/mol. The summed E-state index contributed by atoms with van der Waals surface area (Å²) in [5.41, 5.74) is 2.42. The van der Waals surface area contributed by atoms with E-state index in [1.54, 1.807) is 35.6 Å². The monoisotopic (exact) mass is 456 g/mol. The molecule has 0 saturated heterocycles. The van der Waals surface area contributed by atoms with E-state index in [0.717, 1.165) is 11.1 Å². The van der Waals surface area contributed by atoms with Crippen LogP contribution in [0, 0.1) is 0 Å². The molecule has 1 atom stereocenters. The lowest BCUT2D eigenvalue weighted by Crippen LogP contribution is -2.28. The number of alkyl halides is 3. The highest BCUT2D eigenvalue weighted by atomic mass is 35.5. The number of esters is 1. The maximum Gasteiger partial charge on any atom is 0.491 e. The molecule has 0 radical (unpaired) electrons. The number of fused-ring (bicyclic) bond motifs is 1. The van der Waals surface area contributed by atoms with Gasteiger partial charge < -0.3 is 15.2 Å². The van der Waals surface area contributed by atoms with Crippen molar-refractivity contribution in [2.75, 3.05) is 19.6 Å². The molecule has 0 bridgehead atoms. The predicted octanol–water partition coefficient (Wildman–Crippen LogP) is 3.75. The van der Waals surface area contributed by atoms with Gasteiger partial charge in [-0.25, -0.2) is 9.21 Å². The molecule has 10 heteroatoms. The third kappa shape index (κ3) is 5.29. The fraction of sp³-hybridized carbons (Fsp3) is 0.333. The summed E-state index contributed by atoms with van der Waals surface area (Å²) in [5.74, 6) is -3.41. The van der Waals surface area contributed by atoms with Crippen LogP contribution in [0.2, 0.25) is 0 Å². The molecule has 1 heterocycles. The van der Waals surface area contributed by atoms with Crippen LogP contribution in [0.25, 0.3) is 0 Å². The van der Waals surface area contributed by atoms with Crippen LogP contribution >= 0.6 is 11.8 Å². The first kappa shape index (κ1) is 22.9. The molecule has 6 nitrogen and oxygen atoms in total. The summed E-state index contributed by atoms with van der Waals surface area (Å²) in [6.07, 6.45) is -4.55. The number of aromatic hydroxyl groups is 1. The van der Waals surface area contributed by atoms with Crippen LogP contribution in [-0.4, -0.2) is 47.2 Å². The van der Waals surface area contributed by atoms with Gasteiger partial charge in [0.05, 0.1) is 5.56 Å². The van der Waals surface area contributed by atoms with E-state index < -0.39 is 18.1 Å². The lowest BCUT2D eigenvalue weighted by atomic mass is 9.86. The maximum atomic E-state index is 12.4. The van der Waals surface area contributed by atoms with Crippen molar-refractivity contribution in [1.29, 1.82) is 0 Å². The number of phenolic OH excluding ortho intramolecular Hbond substituents is 1. The number of nitrogens with zero attached hydrogens (tertiary/aromatic N) is 1. The fourth-order valence-corrected chi connectivity index (χ4v) is 3.70. The third-order valence-corrected chi connectivity index (χ3v) is 5.25. The summed E-state index contributed by atoms with van der Waals surface area (Å²) in [6, 6.07) is 8.79. The zero-order valence-electron chi connectivity index (χ0n) is 16.5. The molecule has 166 valence electrons. The third-order valence-electron chi connectivity index (χ3n) is 4.94. The van der Waals surface area contributed by atoms with Gasteiger partial charge in [-0.3, -0.25) is 4.79 Å². The molecule has 3 rings (SSSR count). The van der Waals surface area contributed by atoms with Gasteiger partial charge in [0.25, 0.3) is 5.91 Å². The van der Waals surface area contributed by atoms with Crippen LogP contribution < -0.4 is 10.1 Å². The second kappa shape index (κ2) is 9.15. The van der Waals surface area contributed by atoms with E-state index in [1.165, 1.54) is 12.1 Å². The number of hydrogen-bond donors (Lipinski definition) is 2. The number of amides is 1. The van der Waals surface area contributed by atoms with E-state index in [0.29, 0.717) is 31.6 Å². The first-order chi connectivity index (χ1) is 14.6. The number of rotatable bonds is 4. The van der Waals surface area contributed by atoms with E-state index in [2.05, 4.69) is 10.1 Å². The molecule has 2 N–H and O–H groups in total. The Labute approximate surface area is 181 Å². The van der Waals surface area contributed by atoms with E-state index >= 15 is 0 Å². The van der Waals surface area contributed by atoms with E-state index in [4.69, 9.17) is 11.8 Å². The van der Waals surface area contributed by atoms with Crippen molar-refractivity contribution in [1.82, 2.24) is 9.74 Å². The summed E-state index contributed by atoms with van der Waals surface area (Å²) in [4.78, 5) is 23.4. The van der Waals surface area contributed by atoms with Gasteiger partial charge in [0.1, 0.15) is 11.5 Å². The lowest BCUT2D eigenvalue weighted by molar-refractivity contribution is -0.189. The average molecular weight is 457 g/mol. The van der Waals surface area contributed by atoms with Gasteiger partial charge in [0, 0.05) is 25.6 Å². The normalized spacial score (nSPS) is 16.9. The van der Waals surface area contributed by atoms with E-state index in [1.807, 2.05) is 0 Å². The molecule has 0 spiro atoms. The van der Waals surface area contributed by atoms with Crippen molar-refractivity contribution in [2.24, 2.45) is 0 Å². The number of hydrogen-bond acceptors (Lipinski definition) is 5. The van der Waals surface area contributed by atoms with Gasteiger partial charge in [-0.2, -0.15) is 13.2 Å². The van der Waals surface area contributed by atoms with Crippen molar-refractivity contribution in [3.63, 3.8) is 0 Å². The van der Waals surface area contributed by atoms with Gasteiger partial charge in [-0.1, -0.05) is 12.1 Å². The Hall–Kier alpha value is -2.78. The second-order valence-electron chi connectivity index (χ2n) is 7.06. The Morgan fingerprint density at radius 3 is 2.55 bits per heavy atom. The minimum absolute atomic E-state index is 0.129. The van der Waals surface area contributed by atoms with Crippen molar-refractivity contribution >= 4 is 23.7 Å². The van der Waals surface area contributed by atoms with E-state index in [9.17, 15) is 27.9 Å². The molecule has 0 aromatic heterocycles. The summed E-state index contributed by atoms with van der Waals surface area (Å²) < 4.78 is 43.1. The maximum absolute atomic E-state index is 12.4. The highest BCUT2D eigenvalue weighted by Gasteiger charge is 2.41. The molecule has 1 aliphatic rings. The smallest absolute Gasteiger partial charge is 0.491 e. The molecule has 0 fully saturated rings. The highest BCUT2D eigenvalue weighted by molar-refractivity contribution is 6.13. The Morgan fingerprint density at radius 1 is 1.26 bits per heavy atom. The minimum atomic E-state index is -5.09. The first-order valence-electron chi connectivity index (χ1n) is 9.53. The summed E-state index contributed by atoms with van der Waals surface area (Å²) >= 11 is 6.30. The van der Waals surface area contributed by atoms with Crippen LogP contribution in [-0.2, 0) is 11.2 Å². The number of halogens is 4. The Morgan fingerprint density at radius 2 is 1.94 bits per heavy atom. The van der Waals surface area contributed by atoms with Crippen LogP contribution in [0.3, 0.4) is 0 Å². The molecule has 31 heavy (non-hydrogen) atoms. The molecule has 1 unspecified atom stereocenters. The molecule has 2 aromatic carbocycles. The second-order valence-corrected chi connectivity index (χ2v) is 7.53. The van der Waals surface area contributed by atoms with Gasteiger partial charge in [0.2, 0.25) is 0 Å². The van der Waals surface area contributed by atoms with Crippen molar-refractivity contribution in [3.05, 3.63) is 58.7 Å². The first-order valence-corrected chi connectivity index (χ1v) is 9.87. The van der Waals surface area contributed by atoms with Crippen molar-refractivity contribution in [3.8, 4) is 11.5 Å². The van der Waals surface area contributed by atoms with Gasteiger partial charge >= 0.3 is 12.1 Å². The standard InChI is InChI=1S/C21H20ClF3N2O4/c1-2-26-19(29)16-10-15-13(9-18(16)28)7-8-27(22)11-17(15)12-3-5-14(6-4-12)31-20(30)21(23,24)25/h3-6,9-10,17,28H,2,7-8,11H2,1H3,(H,26,29). The number of carbonyl (C=O) groups is 2. The minimum Gasteiger partial charge on any atom is -0.507 e. The number of ether oxygens (including phenoxy) is 1. The number of nitrogens with one attached hydrogen (secondary N) is 1. The number of carbonyl (C=O) groups excluding carboxylic acids is 2. The molecule has 0 aliphatic carbocycles. The Balaban J connectivity index is 1.96. The molecule has 1 amide bonds. The number of benzene rings is 2. The van der Waals surface area contributed by atoms with Crippen LogP contribution in [0.1, 0.15) is 39.9 Å². The van der Waals surface area contributed by atoms with Crippen molar-refractivity contribution < 1.29 is 32.6 Å². The molecular weight excluding hydrogens is 437 g/mol. The van der Waals surface area contributed by atoms with Crippen LogP contribution in [0.15, 0.2) is 36.4 Å². The van der Waals surface area contributed by atoms with Crippen LogP contribution in [0.4, 0.5) is 13.2 Å². The average Bonchev–Trinajstić information content (AvgIpc) is 2.86. The van der Waals surface area contributed by atoms with Gasteiger partial charge in [-0.05, 0) is 66.1 Å². The molecule has 0 saturated carbocycles. The summed E-state index contributed by atoms with van der Waals surface area (Å²) in [7, 11) is 0.